The van der Waals surface area contributed by atoms with Crippen LogP contribution in [0.5, 0.6) is 5.75 Å². The summed E-state index contributed by atoms with van der Waals surface area (Å²) in [5.41, 5.74) is 3.89. The zero-order valence-electron chi connectivity index (χ0n) is 13.5. The highest BCUT2D eigenvalue weighted by Crippen LogP contribution is 2.35. The molecular weight excluding hydrogens is 246 g/mol. The van der Waals surface area contributed by atoms with Crippen molar-refractivity contribution in [3.05, 3.63) is 28.8 Å². The number of ether oxygens (including phenoxy) is 1. The number of hydrogen-bond donors (Lipinski definition) is 1. The third-order valence-electron chi connectivity index (χ3n) is 4.97. The van der Waals surface area contributed by atoms with Gasteiger partial charge >= 0.3 is 0 Å². The fourth-order valence-corrected chi connectivity index (χ4v) is 3.51. The molecule has 20 heavy (non-hydrogen) atoms. The van der Waals surface area contributed by atoms with Crippen LogP contribution in [0.15, 0.2) is 12.1 Å². The fourth-order valence-electron chi connectivity index (χ4n) is 3.51. The molecule has 1 atom stereocenters. The maximum Gasteiger partial charge on any atom is 0.126 e. The van der Waals surface area contributed by atoms with Crippen molar-refractivity contribution in [2.45, 2.75) is 58.4 Å². The third kappa shape index (κ3) is 3.35. The molecule has 1 aliphatic carbocycles. The first kappa shape index (κ1) is 15.4. The van der Waals surface area contributed by atoms with Crippen LogP contribution < -0.4 is 10.1 Å². The van der Waals surface area contributed by atoms with Crippen LogP contribution in [0.25, 0.3) is 0 Å². The van der Waals surface area contributed by atoms with Crippen LogP contribution in [0.3, 0.4) is 0 Å². The standard InChI is InChI=1S/C18H29NO/c1-13-9-11-16(18(20-4)14(13)2)17(19-3)12-10-15-7-5-6-8-15/h9,11,15,17,19H,5-8,10,12H2,1-4H3. The Hall–Kier alpha value is -1.02. The maximum absolute atomic E-state index is 5.67. The van der Waals surface area contributed by atoms with Crippen LogP contribution in [0.1, 0.15) is 61.3 Å². The average Bonchev–Trinajstić information content (AvgIpc) is 2.96. The van der Waals surface area contributed by atoms with Gasteiger partial charge in [-0.25, -0.2) is 0 Å². The van der Waals surface area contributed by atoms with Crippen LogP contribution in [0, 0.1) is 19.8 Å². The zero-order chi connectivity index (χ0) is 14.5. The van der Waals surface area contributed by atoms with Crippen LogP contribution in [0.4, 0.5) is 0 Å². The van der Waals surface area contributed by atoms with E-state index in [4.69, 9.17) is 4.74 Å². The molecule has 1 saturated carbocycles. The van der Waals surface area contributed by atoms with Gasteiger partial charge in [-0.05, 0) is 50.8 Å². The smallest absolute Gasteiger partial charge is 0.126 e. The number of aryl methyl sites for hydroxylation is 1. The molecule has 0 spiro atoms. The summed E-state index contributed by atoms with van der Waals surface area (Å²) in [6.07, 6.45) is 8.27. The second kappa shape index (κ2) is 7.12. The largest absolute Gasteiger partial charge is 0.496 e. The lowest BCUT2D eigenvalue weighted by Crippen LogP contribution is -2.18. The molecule has 0 aliphatic heterocycles. The van der Waals surface area contributed by atoms with E-state index in [0.717, 1.165) is 11.7 Å². The minimum Gasteiger partial charge on any atom is -0.496 e. The average molecular weight is 275 g/mol. The molecule has 0 heterocycles. The van der Waals surface area contributed by atoms with E-state index >= 15 is 0 Å². The van der Waals surface area contributed by atoms with Gasteiger partial charge < -0.3 is 10.1 Å². The second-order valence-electron chi connectivity index (χ2n) is 6.20. The summed E-state index contributed by atoms with van der Waals surface area (Å²) < 4.78 is 5.67. The summed E-state index contributed by atoms with van der Waals surface area (Å²) in [6.45, 7) is 4.30. The van der Waals surface area contributed by atoms with Crippen LogP contribution in [0.2, 0.25) is 0 Å². The molecule has 0 saturated heterocycles. The Bertz CT molecular complexity index is 435. The maximum atomic E-state index is 5.67. The Kier molecular flexibility index (Phi) is 5.47. The first-order chi connectivity index (χ1) is 9.67. The van der Waals surface area contributed by atoms with Gasteiger partial charge in [0.1, 0.15) is 5.75 Å². The summed E-state index contributed by atoms with van der Waals surface area (Å²) in [4.78, 5) is 0. The van der Waals surface area contributed by atoms with Crippen LogP contribution in [-0.2, 0) is 0 Å². The van der Waals surface area contributed by atoms with Gasteiger partial charge in [0.05, 0.1) is 7.11 Å². The first-order valence-electron chi connectivity index (χ1n) is 7.98. The van der Waals surface area contributed by atoms with Gasteiger partial charge in [0.2, 0.25) is 0 Å². The van der Waals surface area contributed by atoms with E-state index in [1.165, 1.54) is 55.2 Å². The summed E-state index contributed by atoms with van der Waals surface area (Å²) in [5.74, 6) is 2.01. The Morgan fingerprint density at radius 2 is 1.95 bits per heavy atom. The number of hydrogen-bond acceptors (Lipinski definition) is 2. The van der Waals surface area contributed by atoms with Crippen LogP contribution >= 0.6 is 0 Å². The van der Waals surface area contributed by atoms with Crippen molar-refractivity contribution < 1.29 is 4.74 Å². The first-order valence-corrected chi connectivity index (χ1v) is 7.98. The van der Waals surface area contributed by atoms with E-state index in [2.05, 4.69) is 38.3 Å². The summed E-state index contributed by atoms with van der Waals surface area (Å²) in [5, 5.41) is 3.48. The third-order valence-corrected chi connectivity index (χ3v) is 4.97. The lowest BCUT2D eigenvalue weighted by molar-refractivity contribution is 0.383. The van der Waals surface area contributed by atoms with Gasteiger partial charge in [-0.3, -0.25) is 0 Å². The molecule has 1 aromatic carbocycles. The molecule has 0 aromatic heterocycles. The Balaban J connectivity index is 2.11. The van der Waals surface area contributed by atoms with Crippen molar-refractivity contribution in [3.8, 4) is 5.75 Å². The van der Waals surface area contributed by atoms with Gasteiger partial charge in [0, 0.05) is 11.6 Å². The Morgan fingerprint density at radius 3 is 2.55 bits per heavy atom. The van der Waals surface area contributed by atoms with E-state index in [1.54, 1.807) is 7.11 Å². The minimum atomic E-state index is 0.407. The molecule has 1 fully saturated rings. The van der Waals surface area contributed by atoms with Crippen molar-refractivity contribution in [1.82, 2.24) is 5.32 Å². The molecule has 2 nitrogen and oxygen atoms in total. The van der Waals surface area contributed by atoms with Gasteiger partial charge in [-0.1, -0.05) is 37.8 Å². The Morgan fingerprint density at radius 1 is 1.25 bits per heavy atom. The highest BCUT2D eigenvalue weighted by molar-refractivity contribution is 5.46. The predicted octanol–water partition coefficient (Wildman–Crippen LogP) is 4.54. The molecule has 1 aliphatic rings. The molecule has 1 aromatic rings. The number of rotatable bonds is 6. The van der Waals surface area contributed by atoms with Crippen molar-refractivity contribution in [1.29, 1.82) is 0 Å². The topological polar surface area (TPSA) is 21.3 Å². The zero-order valence-corrected chi connectivity index (χ0v) is 13.5. The highest BCUT2D eigenvalue weighted by Gasteiger charge is 2.20. The molecular formula is C18H29NO. The molecule has 1 N–H and O–H groups in total. The number of methoxy groups -OCH3 is 1. The van der Waals surface area contributed by atoms with E-state index in [9.17, 15) is 0 Å². The van der Waals surface area contributed by atoms with Crippen molar-refractivity contribution in [2.75, 3.05) is 14.2 Å². The summed E-state index contributed by atoms with van der Waals surface area (Å²) in [7, 11) is 3.85. The normalized spacial score (nSPS) is 17.4. The predicted molar refractivity (Wildman–Crippen MR) is 85.5 cm³/mol. The van der Waals surface area contributed by atoms with Crippen molar-refractivity contribution in [3.63, 3.8) is 0 Å². The Labute approximate surface area is 123 Å². The highest BCUT2D eigenvalue weighted by atomic mass is 16.5. The molecule has 112 valence electrons. The summed E-state index contributed by atoms with van der Waals surface area (Å²) >= 11 is 0. The molecule has 2 rings (SSSR count). The van der Waals surface area contributed by atoms with Gasteiger partial charge in [0.25, 0.3) is 0 Å². The fraction of sp³-hybridized carbons (Fsp3) is 0.667. The SMILES string of the molecule is CNC(CCC1CCCC1)c1ccc(C)c(C)c1OC. The van der Waals surface area contributed by atoms with E-state index in [0.29, 0.717) is 6.04 Å². The quantitative estimate of drug-likeness (QED) is 0.822. The van der Waals surface area contributed by atoms with Gasteiger partial charge in [-0.2, -0.15) is 0 Å². The lowest BCUT2D eigenvalue weighted by Gasteiger charge is -2.23. The lowest BCUT2D eigenvalue weighted by atomic mass is 9.92. The molecule has 2 heteroatoms. The number of nitrogens with one attached hydrogen (secondary N) is 1. The minimum absolute atomic E-state index is 0.407. The van der Waals surface area contributed by atoms with Crippen molar-refractivity contribution in [2.24, 2.45) is 5.92 Å². The summed E-state index contributed by atoms with van der Waals surface area (Å²) in [6, 6.07) is 4.86. The molecule has 0 amide bonds. The van der Waals surface area contributed by atoms with Crippen molar-refractivity contribution >= 4 is 0 Å². The van der Waals surface area contributed by atoms with Crippen LogP contribution in [-0.4, -0.2) is 14.2 Å². The molecule has 0 radical (unpaired) electrons. The van der Waals surface area contributed by atoms with E-state index in [1.807, 2.05) is 0 Å². The second-order valence-corrected chi connectivity index (χ2v) is 6.20. The monoisotopic (exact) mass is 275 g/mol. The van der Waals surface area contributed by atoms with E-state index in [-0.39, 0.29) is 0 Å². The van der Waals surface area contributed by atoms with Gasteiger partial charge in [0.15, 0.2) is 0 Å². The molecule has 0 bridgehead atoms. The van der Waals surface area contributed by atoms with Gasteiger partial charge in [-0.15, -0.1) is 0 Å². The van der Waals surface area contributed by atoms with E-state index < -0.39 is 0 Å². The number of benzene rings is 1. The molecule has 1 unspecified atom stereocenters.